The largest absolute Gasteiger partial charge is 0.480 e. The van der Waals surface area contributed by atoms with Crippen molar-refractivity contribution >= 4 is 18.2 Å². The van der Waals surface area contributed by atoms with Crippen LogP contribution in [-0.4, -0.2) is 52.0 Å². The summed E-state index contributed by atoms with van der Waals surface area (Å²) in [4.78, 5) is 38.0. The van der Waals surface area contributed by atoms with Gasteiger partial charge in [-0.1, -0.05) is 30.3 Å². The molecule has 0 aliphatic heterocycles. The predicted molar refractivity (Wildman–Crippen MR) is 113 cm³/mol. The molecule has 0 radical (unpaired) electrons. The number of nitrogens with two attached hydrogens (primary N) is 1. The Hall–Kier alpha value is -2.61. The van der Waals surface area contributed by atoms with Crippen LogP contribution in [0.3, 0.4) is 0 Å². The van der Waals surface area contributed by atoms with Crippen LogP contribution in [0.5, 0.6) is 0 Å². The van der Waals surface area contributed by atoms with Crippen molar-refractivity contribution in [3.8, 4) is 0 Å². The monoisotopic (exact) mass is 422 g/mol. The van der Waals surface area contributed by atoms with E-state index in [1.165, 1.54) is 0 Å². The van der Waals surface area contributed by atoms with Crippen molar-refractivity contribution in [2.24, 2.45) is 5.73 Å². The lowest BCUT2D eigenvalue weighted by Gasteiger charge is -2.32. The molecule has 168 valence electrons. The van der Waals surface area contributed by atoms with Crippen LogP contribution in [-0.2, 0) is 14.3 Å². The maximum absolute atomic E-state index is 12.7. The molecule has 0 aromatic heterocycles. The number of carboxylic acids is 1. The summed E-state index contributed by atoms with van der Waals surface area (Å²) in [6.07, 6.45) is -1.76. The van der Waals surface area contributed by atoms with Gasteiger partial charge in [-0.05, 0) is 72.4 Å². The SMILES string of the molecule is CC(C)(C)OC(=O)N(C(=O)OC(C)(C)C)[C@H](CC[C@H](CN)c1ccccc1)C(=O)O. The molecule has 2 amide bonds. The highest BCUT2D eigenvalue weighted by molar-refractivity contribution is 5.93. The van der Waals surface area contributed by atoms with Crippen LogP contribution in [0, 0.1) is 0 Å². The molecule has 0 fully saturated rings. The molecule has 0 saturated carbocycles. The van der Waals surface area contributed by atoms with Crippen molar-refractivity contribution < 1.29 is 29.0 Å². The van der Waals surface area contributed by atoms with Gasteiger partial charge in [0.25, 0.3) is 0 Å². The van der Waals surface area contributed by atoms with Gasteiger partial charge < -0.3 is 20.3 Å². The number of carbonyl (C=O) groups excluding carboxylic acids is 2. The third kappa shape index (κ3) is 8.41. The fraction of sp³-hybridized carbons (Fsp3) is 0.591. The average molecular weight is 423 g/mol. The quantitative estimate of drug-likeness (QED) is 0.678. The normalized spacial score (nSPS) is 13.8. The average Bonchev–Trinajstić information content (AvgIpc) is 2.58. The van der Waals surface area contributed by atoms with E-state index in [0.717, 1.165) is 5.56 Å². The minimum absolute atomic E-state index is 0.00454. The van der Waals surface area contributed by atoms with Gasteiger partial charge in [-0.3, -0.25) is 0 Å². The molecular formula is C22H34N2O6. The molecule has 2 atom stereocenters. The van der Waals surface area contributed by atoms with Gasteiger partial charge in [-0.25, -0.2) is 14.4 Å². The maximum Gasteiger partial charge on any atom is 0.420 e. The second-order valence-corrected chi connectivity index (χ2v) is 9.11. The third-order valence-corrected chi connectivity index (χ3v) is 4.12. The van der Waals surface area contributed by atoms with E-state index in [2.05, 4.69) is 0 Å². The zero-order valence-corrected chi connectivity index (χ0v) is 18.7. The Morgan fingerprint density at radius 3 is 1.77 bits per heavy atom. The van der Waals surface area contributed by atoms with Crippen LogP contribution in [0.4, 0.5) is 9.59 Å². The van der Waals surface area contributed by atoms with Gasteiger partial charge in [0.1, 0.15) is 17.2 Å². The fourth-order valence-corrected chi connectivity index (χ4v) is 2.82. The summed E-state index contributed by atoms with van der Waals surface area (Å²) < 4.78 is 10.6. The lowest BCUT2D eigenvalue weighted by atomic mass is 9.92. The van der Waals surface area contributed by atoms with E-state index in [1.54, 1.807) is 41.5 Å². The van der Waals surface area contributed by atoms with Crippen LogP contribution in [0.15, 0.2) is 30.3 Å². The van der Waals surface area contributed by atoms with Crippen LogP contribution < -0.4 is 5.73 Å². The number of carboxylic acid groups (broad SMARTS) is 1. The highest BCUT2D eigenvalue weighted by Gasteiger charge is 2.40. The third-order valence-electron chi connectivity index (χ3n) is 4.12. The molecule has 8 heteroatoms. The van der Waals surface area contributed by atoms with E-state index in [-0.39, 0.29) is 12.3 Å². The molecule has 0 saturated heterocycles. The van der Waals surface area contributed by atoms with Gasteiger partial charge in [0.15, 0.2) is 0 Å². The highest BCUT2D eigenvalue weighted by Crippen LogP contribution is 2.24. The number of nitrogens with zero attached hydrogens (tertiary/aromatic N) is 1. The predicted octanol–water partition coefficient (Wildman–Crippen LogP) is 4.13. The van der Waals surface area contributed by atoms with Gasteiger partial charge in [-0.2, -0.15) is 4.90 Å². The maximum atomic E-state index is 12.7. The van der Waals surface area contributed by atoms with Gasteiger partial charge >= 0.3 is 18.2 Å². The summed E-state index contributed by atoms with van der Waals surface area (Å²) in [5.74, 6) is -1.44. The van der Waals surface area contributed by atoms with Crippen LogP contribution in [0.25, 0.3) is 0 Å². The molecule has 0 aliphatic carbocycles. The standard InChI is InChI=1S/C22H34N2O6/c1-21(2,3)29-19(27)24(20(28)30-22(4,5)6)17(18(25)26)13-12-16(14-23)15-10-8-7-9-11-15/h7-11,16-17H,12-14,23H2,1-6H3,(H,25,26)/t16-,17-/m1/s1. The van der Waals surface area contributed by atoms with E-state index in [4.69, 9.17) is 15.2 Å². The van der Waals surface area contributed by atoms with Crippen molar-refractivity contribution in [2.45, 2.75) is 77.5 Å². The van der Waals surface area contributed by atoms with Crippen LogP contribution >= 0.6 is 0 Å². The molecule has 30 heavy (non-hydrogen) atoms. The second-order valence-electron chi connectivity index (χ2n) is 9.11. The minimum Gasteiger partial charge on any atom is -0.480 e. The van der Waals surface area contributed by atoms with Gasteiger partial charge in [0.05, 0.1) is 0 Å². The lowest BCUT2D eigenvalue weighted by molar-refractivity contribution is -0.143. The zero-order chi connectivity index (χ0) is 23.1. The summed E-state index contributed by atoms with van der Waals surface area (Å²) in [5.41, 5.74) is 5.02. The van der Waals surface area contributed by atoms with Gasteiger partial charge in [-0.15, -0.1) is 0 Å². The zero-order valence-electron chi connectivity index (χ0n) is 18.7. The first-order valence-corrected chi connectivity index (χ1v) is 9.98. The van der Waals surface area contributed by atoms with Crippen LogP contribution in [0.2, 0.25) is 0 Å². The van der Waals surface area contributed by atoms with Gasteiger partial charge in [0, 0.05) is 0 Å². The second kappa shape index (κ2) is 10.4. The Bertz CT molecular complexity index is 693. The molecule has 0 unspecified atom stereocenters. The number of aliphatic carboxylic acids is 1. The van der Waals surface area contributed by atoms with E-state index in [1.807, 2.05) is 30.3 Å². The molecule has 0 bridgehead atoms. The summed E-state index contributed by atoms with van der Waals surface area (Å²) in [6, 6.07) is 8.00. The Balaban J connectivity index is 3.15. The number of ether oxygens (including phenoxy) is 2. The molecular weight excluding hydrogens is 388 g/mol. The number of hydrogen-bond acceptors (Lipinski definition) is 6. The molecule has 3 N–H and O–H groups in total. The number of carbonyl (C=O) groups is 3. The van der Waals surface area contributed by atoms with Crippen molar-refractivity contribution in [1.82, 2.24) is 4.90 Å². The topological polar surface area (TPSA) is 119 Å². The fourth-order valence-electron chi connectivity index (χ4n) is 2.82. The highest BCUT2D eigenvalue weighted by atomic mass is 16.6. The molecule has 1 rings (SSSR count). The summed E-state index contributed by atoms with van der Waals surface area (Å²) in [6.45, 7) is 10.1. The smallest absolute Gasteiger partial charge is 0.420 e. The number of rotatable bonds is 7. The van der Waals surface area contributed by atoms with Crippen molar-refractivity contribution in [3.05, 3.63) is 35.9 Å². The van der Waals surface area contributed by atoms with Crippen molar-refractivity contribution in [3.63, 3.8) is 0 Å². The van der Waals surface area contributed by atoms with Crippen molar-refractivity contribution in [1.29, 1.82) is 0 Å². The first kappa shape index (κ1) is 25.4. The number of imide groups is 1. The first-order valence-electron chi connectivity index (χ1n) is 9.98. The summed E-state index contributed by atoms with van der Waals surface area (Å²) in [7, 11) is 0. The van der Waals surface area contributed by atoms with Gasteiger partial charge in [0.2, 0.25) is 0 Å². The van der Waals surface area contributed by atoms with E-state index < -0.39 is 35.4 Å². The molecule has 0 spiro atoms. The minimum atomic E-state index is -1.45. The molecule has 1 aromatic carbocycles. The first-order chi connectivity index (χ1) is 13.7. The Kier molecular flexibility index (Phi) is 8.84. The summed E-state index contributed by atoms with van der Waals surface area (Å²) >= 11 is 0. The molecule has 0 heterocycles. The van der Waals surface area contributed by atoms with Crippen LogP contribution in [0.1, 0.15) is 65.9 Å². The number of hydrogen-bond donors (Lipinski definition) is 2. The van der Waals surface area contributed by atoms with E-state index >= 15 is 0 Å². The van der Waals surface area contributed by atoms with E-state index in [0.29, 0.717) is 17.9 Å². The molecule has 0 aliphatic rings. The molecule has 8 nitrogen and oxygen atoms in total. The number of amides is 2. The number of benzene rings is 1. The lowest BCUT2D eigenvalue weighted by Crippen LogP contribution is -2.52. The summed E-state index contributed by atoms with van der Waals surface area (Å²) in [5, 5.41) is 9.81. The molecule has 1 aromatic rings. The van der Waals surface area contributed by atoms with E-state index in [9.17, 15) is 19.5 Å². The Labute approximate surface area is 178 Å². The Morgan fingerprint density at radius 2 is 1.40 bits per heavy atom. The Morgan fingerprint density at radius 1 is 0.933 bits per heavy atom. The van der Waals surface area contributed by atoms with Crippen molar-refractivity contribution in [2.75, 3.05) is 6.54 Å².